The maximum absolute atomic E-state index is 15.2. The molecule has 0 heterocycles. The van der Waals surface area contributed by atoms with Crippen LogP contribution in [0.4, 0.5) is 4.39 Å². The smallest absolute Gasteiger partial charge is 0.140 e. The summed E-state index contributed by atoms with van der Waals surface area (Å²) in [6, 6.07) is 12.4. The van der Waals surface area contributed by atoms with Crippen molar-refractivity contribution in [3.8, 4) is 22.9 Å². The van der Waals surface area contributed by atoms with Gasteiger partial charge in [0.05, 0.1) is 12.7 Å². The zero-order valence-corrected chi connectivity index (χ0v) is 16.0. The molecule has 0 spiro atoms. The fourth-order valence-electron chi connectivity index (χ4n) is 2.67. The molecule has 0 amide bonds. The molecule has 0 N–H and O–H groups in total. The second-order valence-electron chi connectivity index (χ2n) is 5.99. The van der Waals surface area contributed by atoms with Crippen molar-refractivity contribution in [1.82, 2.24) is 0 Å². The third kappa shape index (κ3) is 5.29. The zero-order chi connectivity index (χ0) is 19.8. The molecule has 0 fully saturated rings. The highest BCUT2D eigenvalue weighted by atomic mass is 35.5. The first-order valence-electron chi connectivity index (χ1n) is 8.38. The van der Waals surface area contributed by atoms with Gasteiger partial charge in [0.2, 0.25) is 0 Å². The van der Waals surface area contributed by atoms with Crippen LogP contribution >= 0.6 is 11.6 Å². The van der Waals surface area contributed by atoms with Gasteiger partial charge in [0.1, 0.15) is 23.3 Å². The molecule has 0 saturated heterocycles. The molecule has 0 aliphatic heterocycles. The largest absolute Gasteiger partial charge is 0.496 e. The van der Waals surface area contributed by atoms with E-state index < -0.39 is 0 Å². The number of nitrogens with zero attached hydrogens (tertiary/aromatic N) is 2. The van der Waals surface area contributed by atoms with Gasteiger partial charge in [0.25, 0.3) is 0 Å². The van der Waals surface area contributed by atoms with Gasteiger partial charge in [-0.15, -0.1) is 0 Å². The van der Waals surface area contributed by atoms with Crippen LogP contribution in [0.15, 0.2) is 65.8 Å². The summed E-state index contributed by atoms with van der Waals surface area (Å²) in [6.45, 7) is 5.46. The summed E-state index contributed by atoms with van der Waals surface area (Å²) in [5.74, 6) is 0.0289. The minimum atomic E-state index is -0.348. The zero-order valence-electron chi connectivity index (χ0n) is 15.2. The number of hydrogen-bond donors (Lipinski definition) is 0. The molecule has 2 aromatic carbocycles. The second kappa shape index (κ2) is 9.70. The predicted octanol–water partition coefficient (Wildman–Crippen LogP) is 6.00. The molecule has 0 radical (unpaired) electrons. The number of rotatable bonds is 7. The highest BCUT2D eigenvalue weighted by Crippen LogP contribution is 2.36. The molecule has 0 bridgehead atoms. The molecule has 0 aromatic heterocycles. The Morgan fingerprint density at radius 1 is 1.41 bits per heavy atom. The van der Waals surface area contributed by atoms with Crippen molar-refractivity contribution >= 4 is 17.8 Å². The van der Waals surface area contributed by atoms with E-state index in [0.717, 1.165) is 0 Å². The summed E-state index contributed by atoms with van der Waals surface area (Å²) >= 11 is 6.06. The Hall–Kier alpha value is -2.90. The number of allylic oxidation sites excluding steroid dienone is 3. The van der Waals surface area contributed by atoms with Crippen LogP contribution in [0.5, 0.6) is 5.75 Å². The summed E-state index contributed by atoms with van der Waals surface area (Å²) in [7, 11) is 1.51. The fourth-order valence-corrected chi connectivity index (χ4v) is 2.86. The quantitative estimate of drug-likeness (QED) is 0.335. The van der Waals surface area contributed by atoms with Gasteiger partial charge in [-0.1, -0.05) is 49.4 Å². The van der Waals surface area contributed by atoms with Crippen LogP contribution in [0.2, 0.25) is 5.02 Å². The van der Waals surface area contributed by atoms with Gasteiger partial charge in [-0.25, -0.2) is 9.38 Å². The van der Waals surface area contributed by atoms with E-state index in [2.05, 4.69) is 11.6 Å². The van der Waals surface area contributed by atoms with E-state index in [1.807, 2.05) is 13.0 Å². The summed E-state index contributed by atoms with van der Waals surface area (Å²) in [5.41, 5.74) is 1.83. The van der Waals surface area contributed by atoms with Crippen LogP contribution < -0.4 is 4.74 Å². The Kier molecular flexibility index (Phi) is 7.34. The van der Waals surface area contributed by atoms with E-state index >= 15 is 4.39 Å². The molecule has 0 aliphatic rings. The minimum absolute atomic E-state index is 0.0679. The Morgan fingerprint density at radius 3 is 2.81 bits per heavy atom. The summed E-state index contributed by atoms with van der Waals surface area (Å²) < 4.78 is 20.6. The molecule has 1 unspecified atom stereocenters. The first-order chi connectivity index (χ1) is 13.0. The van der Waals surface area contributed by atoms with Crippen molar-refractivity contribution in [2.75, 3.05) is 7.11 Å². The topological polar surface area (TPSA) is 45.4 Å². The number of ether oxygens (including phenoxy) is 1. The molecule has 3 nitrogen and oxygen atoms in total. The standard InChI is InChI=1S/C22H20ClFN2O/c1-4-6-19(13-25)26-14-15(2)11-17-9-10-20(27-3)21(22(17)24)16-7-5-8-18(23)12-16/h4-10,12,14-15H,1,11H2,2-3H3/b19-6-,26-14-. The molecule has 138 valence electrons. The fraction of sp³-hybridized carbons (Fsp3) is 0.182. The number of halogens is 2. The van der Waals surface area contributed by atoms with Gasteiger partial charge < -0.3 is 4.74 Å². The first kappa shape index (κ1) is 20.4. The van der Waals surface area contributed by atoms with E-state index in [-0.39, 0.29) is 17.4 Å². The van der Waals surface area contributed by atoms with Crippen molar-refractivity contribution in [2.45, 2.75) is 13.3 Å². The molecule has 5 heteroatoms. The van der Waals surface area contributed by atoms with Crippen LogP contribution in [0, 0.1) is 23.1 Å². The SMILES string of the molecule is C=C/C=C(C#N)\N=C/C(C)Cc1ccc(OC)c(-c2cccc(Cl)c2)c1F. The van der Waals surface area contributed by atoms with Crippen LogP contribution in [0.25, 0.3) is 11.1 Å². The van der Waals surface area contributed by atoms with E-state index in [9.17, 15) is 0 Å². The van der Waals surface area contributed by atoms with Gasteiger partial charge in [0, 0.05) is 11.2 Å². The monoisotopic (exact) mass is 382 g/mol. The maximum Gasteiger partial charge on any atom is 0.140 e. The first-order valence-corrected chi connectivity index (χ1v) is 8.76. The van der Waals surface area contributed by atoms with E-state index in [1.54, 1.807) is 42.6 Å². The molecule has 1 atom stereocenters. The normalized spacial score (nSPS) is 12.6. The third-order valence-electron chi connectivity index (χ3n) is 3.92. The number of hydrogen-bond acceptors (Lipinski definition) is 3. The number of methoxy groups -OCH3 is 1. The Bertz CT molecular complexity index is 928. The second-order valence-corrected chi connectivity index (χ2v) is 6.42. The molecule has 0 saturated carbocycles. The number of aliphatic imine (C=N–C) groups is 1. The van der Waals surface area contributed by atoms with Crippen molar-refractivity contribution < 1.29 is 9.13 Å². The molecular weight excluding hydrogens is 363 g/mol. The van der Waals surface area contributed by atoms with Crippen LogP contribution in [0.1, 0.15) is 12.5 Å². The highest BCUT2D eigenvalue weighted by molar-refractivity contribution is 6.30. The Balaban J connectivity index is 2.35. The van der Waals surface area contributed by atoms with Gasteiger partial charge >= 0.3 is 0 Å². The molecule has 2 rings (SSSR count). The van der Waals surface area contributed by atoms with Crippen molar-refractivity contribution in [3.05, 3.63) is 77.2 Å². The summed E-state index contributed by atoms with van der Waals surface area (Å²) in [6.07, 6.45) is 5.09. The van der Waals surface area contributed by atoms with Crippen molar-refractivity contribution in [3.63, 3.8) is 0 Å². The lowest BCUT2D eigenvalue weighted by molar-refractivity contribution is 0.412. The maximum atomic E-state index is 15.2. The average molecular weight is 383 g/mol. The van der Waals surface area contributed by atoms with Crippen molar-refractivity contribution in [2.24, 2.45) is 10.9 Å². The lowest BCUT2D eigenvalue weighted by Gasteiger charge is -2.15. The lowest BCUT2D eigenvalue weighted by Crippen LogP contribution is -2.05. The van der Waals surface area contributed by atoms with Gasteiger partial charge in [-0.3, -0.25) is 0 Å². The minimum Gasteiger partial charge on any atom is -0.496 e. The molecule has 27 heavy (non-hydrogen) atoms. The predicted molar refractivity (Wildman–Crippen MR) is 109 cm³/mol. The molecule has 0 aliphatic carbocycles. The summed E-state index contributed by atoms with van der Waals surface area (Å²) in [4.78, 5) is 4.12. The Labute approximate surface area is 164 Å². The summed E-state index contributed by atoms with van der Waals surface area (Å²) in [5, 5.41) is 9.51. The van der Waals surface area contributed by atoms with Gasteiger partial charge in [-0.05, 0) is 47.7 Å². The Morgan fingerprint density at radius 2 is 2.19 bits per heavy atom. The van der Waals surface area contributed by atoms with E-state index in [0.29, 0.717) is 33.9 Å². The average Bonchev–Trinajstić information content (AvgIpc) is 2.66. The van der Waals surface area contributed by atoms with Crippen molar-refractivity contribution in [1.29, 1.82) is 5.26 Å². The van der Waals surface area contributed by atoms with Gasteiger partial charge in [0.15, 0.2) is 0 Å². The molecule has 2 aromatic rings. The van der Waals surface area contributed by atoms with Crippen LogP contribution in [-0.4, -0.2) is 13.3 Å². The lowest BCUT2D eigenvalue weighted by atomic mass is 9.95. The number of benzene rings is 2. The molecular formula is C22H20ClFN2O. The third-order valence-corrected chi connectivity index (χ3v) is 4.15. The van der Waals surface area contributed by atoms with Gasteiger partial charge in [-0.2, -0.15) is 5.26 Å². The number of nitriles is 1. The highest BCUT2D eigenvalue weighted by Gasteiger charge is 2.17. The van der Waals surface area contributed by atoms with E-state index in [4.69, 9.17) is 21.6 Å². The van der Waals surface area contributed by atoms with Crippen LogP contribution in [0.3, 0.4) is 0 Å². The van der Waals surface area contributed by atoms with Crippen LogP contribution in [-0.2, 0) is 6.42 Å². The van der Waals surface area contributed by atoms with E-state index in [1.165, 1.54) is 19.3 Å².